The highest BCUT2D eigenvalue weighted by atomic mass is 16.3. The maximum absolute atomic E-state index is 6.81. The average Bonchev–Trinajstić information content (AvgIpc) is 3.97. The van der Waals surface area contributed by atoms with E-state index in [9.17, 15) is 0 Å². The van der Waals surface area contributed by atoms with E-state index in [0.717, 1.165) is 88.5 Å². The minimum absolute atomic E-state index is 0.699. The van der Waals surface area contributed by atoms with Crippen LogP contribution in [0.5, 0.6) is 0 Å². The molecule has 0 amide bonds. The van der Waals surface area contributed by atoms with Crippen LogP contribution in [0.1, 0.15) is 0 Å². The van der Waals surface area contributed by atoms with Crippen molar-refractivity contribution in [1.82, 2.24) is 19.1 Å². The van der Waals surface area contributed by atoms with Crippen LogP contribution in [0.4, 0.5) is 0 Å². The second-order valence-electron chi connectivity index (χ2n) is 15.3. The van der Waals surface area contributed by atoms with Gasteiger partial charge in [-0.1, -0.05) is 133 Å². The van der Waals surface area contributed by atoms with Crippen molar-refractivity contribution >= 4 is 87.2 Å². The van der Waals surface area contributed by atoms with E-state index in [1.165, 1.54) is 26.9 Å². The van der Waals surface area contributed by atoms with Crippen LogP contribution in [0.25, 0.3) is 121 Å². The molecule has 0 spiro atoms. The average molecular weight is 753 g/mol. The molecule has 0 fully saturated rings. The van der Waals surface area contributed by atoms with Crippen molar-refractivity contribution in [1.29, 1.82) is 0 Å². The van der Waals surface area contributed by atoms with Gasteiger partial charge in [0.05, 0.1) is 33.3 Å². The fourth-order valence-corrected chi connectivity index (χ4v) is 9.43. The van der Waals surface area contributed by atoms with Gasteiger partial charge in [-0.2, -0.15) is 0 Å². The molecule has 0 saturated carbocycles. The maximum atomic E-state index is 6.81. The first-order chi connectivity index (χ1) is 29.3. The van der Waals surface area contributed by atoms with E-state index < -0.39 is 0 Å². The number of aromatic nitrogens is 4. The van der Waals surface area contributed by atoms with Crippen LogP contribution in [0.2, 0.25) is 0 Å². The van der Waals surface area contributed by atoms with Crippen molar-refractivity contribution in [3.63, 3.8) is 0 Å². The molecule has 0 unspecified atom stereocenters. The molecule has 0 N–H and O–H groups in total. The Labute approximate surface area is 337 Å². The van der Waals surface area contributed by atoms with Crippen LogP contribution >= 0.6 is 0 Å². The van der Waals surface area contributed by atoms with Crippen molar-refractivity contribution < 1.29 is 4.42 Å². The first-order valence-corrected chi connectivity index (χ1v) is 20.0. The number of para-hydroxylation sites is 3. The summed E-state index contributed by atoms with van der Waals surface area (Å²) < 4.78 is 11.7. The van der Waals surface area contributed by atoms with Gasteiger partial charge in [-0.15, -0.1) is 0 Å². The summed E-state index contributed by atoms with van der Waals surface area (Å²) in [6, 6.07) is 68.9. The van der Waals surface area contributed by atoms with Crippen LogP contribution in [0.3, 0.4) is 0 Å². The summed E-state index contributed by atoms with van der Waals surface area (Å²) in [5.74, 6) is 0.699. The highest BCUT2D eigenvalue weighted by Crippen LogP contribution is 2.45. The van der Waals surface area contributed by atoms with Gasteiger partial charge in [0.15, 0.2) is 11.4 Å². The third kappa shape index (κ3) is 4.67. The quantitative estimate of drug-likeness (QED) is 0.180. The van der Waals surface area contributed by atoms with Gasteiger partial charge in [-0.3, -0.25) is 0 Å². The lowest BCUT2D eigenvalue weighted by atomic mass is 10.1. The lowest BCUT2D eigenvalue weighted by molar-refractivity contribution is 0.671. The van der Waals surface area contributed by atoms with Crippen molar-refractivity contribution in [3.8, 4) is 34.0 Å². The van der Waals surface area contributed by atoms with E-state index in [1.807, 2.05) is 24.3 Å². The Morgan fingerprint density at radius 1 is 0.373 bits per heavy atom. The Kier molecular flexibility index (Phi) is 6.66. The van der Waals surface area contributed by atoms with Crippen LogP contribution in [0, 0.1) is 0 Å². The molecular formula is C54H32N4O. The van der Waals surface area contributed by atoms with Crippen LogP contribution < -0.4 is 0 Å². The monoisotopic (exact) mass is 752 g/mol. The van der Waals surface area contributed by atoms with Crippen molar-refractivity contribution in [2.45, 2.75) is 0 Å². The minimum Gasteiger partial charge on any atom is -0.454 e. The van der Waals surface area contributed by atoms with E-state index in [2.05, 4.69) is 179 Å². The normalized spacial score (nSPS) is 12.1. The highest BCUT2D eigenvalue weighted by Gasteiger charge is 2.24. The second kappa shape index (κ2) is 12.2. The third-order valence-electron chi connectivity index (χ3n) is 12.1. The Bertz CT molecular complexity index is 3830. The fourth-order valence-electron chi connectivity index (χ4n) is 9.43. The highest BCUT2D eigenvalue weighted by molar-refractivity contribution is 6.28. The standard InChI is InChI=1S/C54H32N4O/c1-2-13-34(14-3-1)49-45-18-6-9-19-46(45)55-54(56-49)35-23-25-37(26-24-35)57-47-20-10-7-16-39(47)41-28-29-42-43-30-31-44-40-17-8-11-21-48(40)59-53(44)52(43)58(51(42)50(41)57)38-27-22-33-12-4-5-15-36(33)32-38/h1-32H. The summed E-state index contributed by atoms with van der Waals surface area (Å²) in [5.41, 5.74) is 12.3. The summed E-state index contributed by atoms with van der Waals surface area (Å²) in [7, 11) is 0. The second-order valence-corrected chi connectivity index (χ2v) is 15.3. The van der Waals surface area contributed by atoms with Gasteiger partial charge >= 0.3 is 0 Å². The van der Waals surface area contributed by atoms with Gasteiger partial charge in [0.1, 0.15) is 5.58 Å². The topological polar surface area (TPSA) is 48.8 Å². The van der Waals surface area contributed by atoms with Gasteiger partial charge in [-0.05, 0) is 71.4 Å². The van der Waals surface area contributed by atoms with E-state index >= 15 is 0 Å². The van der Waals surface area contributed by atoms with Crippen molar-refractivity contribution in [2.75, 3.05) is 0 Å². The summed E-state index contributed by atoms with van der Waals surface area (Å²) in [5, 5.41) is 10.4. The molecule has 59 heavy (non-hydrogen) atoms. The van der Waals surface area contributed by atoms with Gasteiger partial charge in [-0.25, -0.2) is 9.97 Å². The number of fused-ring (bicyclic) bond motifs is 13. The van der Waals surface area contributed by atoms with Crippen molar-refractivity contribution in [3.05, 3.63) is 194 Å². The molecule has 0 bridgehead atoms. The minimum atomic E-state index is 0.699. The number of furan rings is 1. The summed E-state index contributed by atoms with van der Waals surface area (Å²) in [4.78, 5) is 10.2. The molecule has 5 heteroatoms. The maximum Gasteiger partial charge on any atom is 0.160 e. The zero-order valence-corrected chi connectivity index (χ0v) is 31.7. The molecule has 0 aliphatic rings. The molecule has 4 heterocycles. The predicted molar refractivity (Wildman–Crippen MR) is 244 cm³/mol. The summed E-state index contributed by atoms with van der Waals surface area (Å²) >= 11 is 0. The molecule has 9 aromatic carbocycles. The number of hydrogen-bond acceptors (Lipinski definition) is 3. The van der Waals surface area contributed by atoms with E-state index in [0.29, 0.717) is 5.82 Å². The van der Waals surface area contributed by atoms with E-state index in [1.54, 1.807) is 0 Å². The Balaban J connectivity index is 1.11. The summed E-state index contributed by atoms with van der Waals surface area (Å²) in [6.07, 6.45) is 0. The smallest absolute Gasteiger partial charge is 0.160 e. The summed E-state index contributed by atoms with van der Waals surface area (Å²) in [6.45, 7) is 0. The Morgan fingerprint density at radius 2 is 1.00 bits per heavy atom. The molecule has 0 aliphatic carbocycles. The van der Waals surface area contributed by atoms with Gasteiger partial charge in [0.2, 0.25) is 0 Å². The fraction of sp³-hybridized carbons (Fsp3) is 0. The molecular weight excluding hydrogens is 721 g/mol. The molecule has 13 aromatic rings. The Hall–Kier alpha value is -8.02. The molecule has 13 rings (SSSR count). The van der Waals surface area contributed by atoms with Crippen molar-refractivity contribution in [2.24, 2.45) is 0 Å². The molecule has 0 saturated heterocycles. The molecule has 0 atom stereocenters. The van der Waals surface area contributed by atoms with Gasteiger partial charge < -0.3 is 13.6 Å². The molecule has 0 aliphatic heterocycles. The first-order valence-electron chi connectivity index (χ1n) is 20.0. The van der Waals surface area contributed by atoms with Gasteiger partial charge in [0, 0.05) is 60.2 Å². The largest absolute Gasteiger partial charge is 0.454 e. The first kappa shape index (κ1) is 32.1. The van der Waals surface area contributed by atoms with E-state index in [4.69, 9.17) is 14.4 Å². The number of benzene rings is 9. The molecule has 274 valence electrons. The van der Waals surface area contributed by atoms with Crippen LogP contribution in [-0.4, -0.2) is 19.1 Å². The van der Waals surface area contributed by atoms with Gasteiger partial charge in [0.25, 0.3) is 0 Å². The lowest BCUT2D eigenvalue weighted by Gasteiger charge is -2.14. The number of nitrogens with zero attached hydrogens (tertiary/aromatic N) is 4. The lowest BCUT2D eigenvalue weighted by Crippen LogP contribution is -1.99. The molecule has 0 radical (unpaired) electrons. The Morgan fingerprint density at radius 3 is 1.85 bits per heavy atom. The zero-order valence-electron chi connectivity index (χ0n) is 31.7. The number of hydrogen-bond donors (Lipinski definition) is 0. The van der Waals surface area contributed by atoms with Crippen LogP contribution in [0.15, 0.2) is 199 Å². The zero-order chi connectivity index (χ0) is 38.6. The van der Waals surface area contributed by atoms with E-state index in [-0.39, 0.29) is 0 Å². The third-order valence-corrected chi connectivity index (χ3v) is 12.1. The SMILES string of the molecule is c1ccc(-c2nc(-c3ccc(-n4c5ccccc5c5ccc6c7ccc8c9ccccc9oc8c7n(-c7ccc8ccccc8c7)c6c54)cc3)nc3ccccc23)cc1. The predicted octanol–water partition coefficient (Wildman–Crippen LogP) is 14.2. The molecule has 5 nitrogen and oxygen atoms in total. The molecule has 4 aromatic heterocycles. The number of rotatable bonds is 4. The van der Waals surface area contributed by atoms with Crippen LogP contribution in [-0.2, 0) is 0 Å².